The van der Waals surface area contributed by atoms with Gasteiger partial charge in [-0.1, -0.05) is 17.7 Å². The van der Waals surface area contributed by atoms with Crippen molar-refractivity contribution in [3.05, 3.63) is 53.6 Å². The minimum Gasteiger partial charge on any atom is -0.289 e. The molecule has 0 aliphatic rings. The highest BCUT2D eigenvalue weighted by molar-refractivity contribution is 9.11. The third-order valence-corrected chi connectivity index (χ3v) is 5.18. The van der Waals surface area contributed by atoms with Crippen LogP contribution in [-0.2, 0) is 0 Å². The standard InChI is InChI=1S/C12H7Br2ClOS/c1-6-8(5-10(14)17-6)12(16)7-3-2-4-9(13)11(7)15/h2-5H,1H3. The molecule has 0 atom stereocenters. The van der Waals surface area contributed by atoms with Gasteiger partial charge in [-0.3, -0.25) is 4.79 Å². The van der Waals surface area contributed by atoms with Gasteiger partial charge in [-0.2, -0.15) is 0 Å². The van der Waals surface area contributed by atoms with Crippen molar-refractivity contribution in [3.8, 4) is 0 Å². The maximum atomic E-state index is 12.3. The molecule has 0 aliphatic heterocycles. The van der Waals surface area contributed by atoms with E-state index in [0.717, 1.165) is 13.1 Å². The number of benzene rings is 1. The fourth-order valence-electron chi connectivity index (χ4n) is 1.50. The molecule has 0 saturated heterocycles. The average Bonchev–Trinajstić information content (AvgIpc) is 2.61. The molecule has 1 heterocycles. The van der Waals surface area contributed by atoms with Gasteiger partial charge in [-0.25, -0.2) is 0 Å². The van der Waals surface area contributed by atoms with Gasteiger partial charge in [0.15, 0.2) is 5.78 Å². The lowest BCUT2D eigenvalue weighted by Gasteiger charge is -2.04. The summed E-state index contributed by atoms with van der Waals surface area (Å²) in [6.45, 7) is 1.93. The maximum Gasteiger partial charge on any atom is 0.195 e. The minimum atomic E-state index is -0.0456. The molecular formula is C12H7Br2ClOS. The molecule has 2 rings (SSSR count). The highest BCUT2D eigenvalue weighted by Gasteiger charge is 2.18. The molecule has 0 N–H and O–H groups in total. The molecule has 88 valence electrons. The van der Waals surface area contributed by atoms with Gasteiger partial charge in [0.2, 0.25) is 0 Å². The Morgan fingerprint density at radius 2 is 2.00 bits per heavy atom. The van der Waals surface area contributed by atoms with E-state index in [1.54, 1.807) is 23.5 Å². The second-order valence-corrected chi connectivity index (χ2v) is 7.32. The summed E-state index contributed by atoms with van der Waals surface area (Å²) >= 11 is 14.4. The lowest BCUT2D eigenvalue weighted by molar-refractivity contribution is 0.103. The van der Waals surface area contributed by atoms with Gasteiger partial charge in [0.1, 0.15) is 0 Å². The number of rotatable bonds is 2. The van der Waals surface area contributed by atoms with Gasteiger partial charge in [-0.05, 0) is 57.0 Å². The smallest absolute Gasteiger partial charge is 0.195 e. The van der Waals surface area contributed by atoms with Gasteiger partial charge in [0.05, 0.1) is 8.81 Å². The van der Waals surface area contributed by atoms with Crippen molar-refractivity contribution < 1.29 is 4.79 Å². The molecule has 0 saturated carbocycles. The number of carbonyl (C=O) groups is 1. The number of thiophene rings is 1. The maximum absolute atomic E-state index is 12.3. The molecule has 0 radical (unpaired) electrons. The van der Waals surface area contributed by atoms with Crippen LogP contribution in [0.5, 0.6) is 0 Å². The van der Waals surface area contributed by atoms with Crippen LogP contribution >= 0.6 is 54.8 Å². The van der Waals surface area contributed by atoms with Crippen molar-refractivity contribution in [2.45, 2.75) is 6.92 Å². The molecule has 0 bridgehead atoms. The van der Waals surface area contributed by atoms with Crippen LogP contribution in [0.1, 0.15) is 20.8 Å². The van der Waals surface area contributed by atoms with Crippen LogP contribution in [0.2, 0.25) is 5.02 Å². The van der Waals surface area contributed by atoms with E-state index in [-0.39, 0.29) is 5.78 Å². The SMILES string of the molecule is Cc1sc(Br)cc1C(=O)c1cccc(Br)c1Cl. The van der Waals surface area contributed by atoms with E-state index >= 15 is 0 Å². The Kier molecular flexibility index (Phi) is 4.08. The molecule has 0 unspecified atom stereocenters. The second-order valence-electron chi connectivity index (χ2n) is 3.45. The Morgan fingerprint density at radius 3 is 2.59 bits per heavy atom. The topological polar surface area (TPSA) is 17.1 Å². The highest BCUT2D eigenvalue weighted by Crippen LogP contribution is 2.32. The lowest BCUT2D eigenvalue weighted by atomic mass is 10.0. The van der Waals surface area contributed by atoms with Gasteiger partial charge < -0.3 is 0 Å². The second kappa shape index (κ2) is 5.22. The summed E-state index contributed by atoms with van der Waals surface area (Å²) in [6, 6.07) is 7.19. The Bertz CT molecular complexity index is 592. The summed E-state index contributed by atoms with van der Waals surface area (Å²) in [5.41, 5.74) is 1.22. The van der Waals surface area contributed by atoms with Crippen molar-refractivity contribution in [1.29, 1.82) is 0 Å². The first-order chi connectivity index (χ1) is 8.00. The zero-order valence-electron chi connectivity index (χ0n) is 8.76. The summed E-state index contributed by atoms with van der Waals surface area (Å²) in [5, 5.41) is 0.458. The van der Waals surface area contributed by atoms with Crippen LogP contribution in [0, 0.1) is 6.92 Å². The van der Waals surface area contributed by atoms with Crippen LogP contribution in [0.3, 0.4) is 0 Å². The Morgan fingerprint density at radius 1 is 1.29 bits per heavy atom. The predicted octanol–water partition coefficient (Wildman–Crippen LogP) is 5.47. The molecule has 0 fully saturated rings. The third-order valence-electron chi connectivity index (χ3n) is 2.33. The minimum absolute atomic E-state index is 0.0456. The van der Waals surface area contributed by atoms with Gasteiger partial charge in [0.25, 0.3) is 0 Å². The summed E-state index contributed by atoms with van der Waals surface area (Å²) in [6.07, 6.45) is 0. The lowest BCUT2D eigenvalue weighted by Crippen LogP contribution is -2.02. The first-order valence-corrected chi connectivity index (χ1v) is 7.53. The molecule has 1 aromatic carbocycles. The van der Waals surface area contributed by atoms with Gasteiger partial charge in [0, 0.05) is 20.5 Å². The largest absolute Gasteiger partial charge is 0.289 e. The Hall–Kier alpha value is -0.160. The van der Waals surface area contributed by atoms with Crippen LogP contribution in [0.25, 0.3) is 0 Å². The number of hydrogen-bond donors (Lipinski definition) is 0. The first kappa shape index (κ1) is 13.3. The molecule has 17 heavy (non-hydrogen) atoms. The van der Waals surface area contributed by atoms with E-state index < -0.39 is 0 Å². The van der Waals surface area contributed by atoms with Crippen molar-refractivity contribution in [3.63, 3.8) is 0 Å². The summed E-state index contributed by atoms with van der Waals surface area (Å²) in [7, 11) is 0. The van der Waals surface area contributed by atoms with E-state index in [1.165, 1.54) is 0 Å². The normalized spacial score (nSPS) is 10.6. The third kappa shape index (κ3) is 2.65. The van der Waals surface area contributed by atoms with Crippen molar-refractivity contribution >= 4 is 60.6 Å². The fourth-order valence-corrected chi connectivity index (χ4v) is 3.76. The molecule has 1 aromatic heterocycles. The number of halogens is 3. The highest BCUT2D eigenvalue weighted by atomic mass is 79.9. The summed E-state index contributed by atoms with van der Waals surface area (Å²) in [4.78, 5) is 13.3. The first-order valence-electron chi connectivity index (χ1n) is 4.75. The zero-order valence-corrected chi connectivity index (χ0v) is 13.5. The molecule has 0 amide bonds. The molecule has 5 heteroatoms. The quantitative estimate of drug-likeness (QED) is 0.618. The van der Waals surface area contributed by atoms with Crippen LogP contribution < -0.4 is 0 Å². The molecule has 1 nitrogen and oxygen atoms in total. The van der Waals surface area contributed by atoms with E-state index in [4.69, 9.17) is 11.6 Å². The van der Waals surface area contributed by atoms with Crippen molar-refractivity contribution in [2.75, 3.05) is 0 Å². The van der Waals surface area contributed by atoms with Crippen molar-refractivity contribution in [2.24, 2.45) is 0 Å². The average molecular weight is 395 g/mol. The number of carbonyl (C=O) groups excluding carboxylic acids is 1. The summed E-state index contributed by atoms with van der Waals surface area (Å²) in [5.74, 6) is -0.0456. The molecule has 0 aliphatic carbocycles. The molecule has 2 aromatic rings. The van der Waals surface area contributed by atoms with Gasteiger partial charge >= 0.3 is 0 Å². The predicted molar refractivity (Wildman–Crippen MR) is 79.3 cm³/mol. The van der Waals surface area contributed by atoms with E-state index in [9.17, 15) is 4.79 Å². The van der Waals surface area contributed by atoms with E-state index in [1.807, 2.05) is 19.1 Å². The number of ketones is 1. The van der Waals surface area contributed by atoms with Crippen LogP contribution in [0.4, 0.5) is 0 Å². The van der Waals surface area contributed by atoms with Crippen LogP contribution in [0.15, 0.2) is 32.5 Å². The van der Waals surface area contributed by atoms with Crippen molar-refractivity contribution in [1.82, 2.24) is 0 Å². The summed E-state index contributed by atoms with van der Waals surface area (Å²) < 4.78 is 1.68. The van der Waals surface area contributed by atoms with E-state index in [0.29, 0.717) is 16.1 Å². The molecular weight excluding hydrogens is 387 g/mol. The number of hydrogen-bond acceptors (Lipinski definition) is 2. The van der Waals surface area contributed by atoms with Crippen LogP contribution in [-0.4, -0.2) is 5.78 Å². The van der Waals surface area contributed by atoms with E-state index in [2.05, 4.69) is 31.9 Å². The number of aryl methyl sites for hydroxylation is 1. The Balaban J connectivity index is 2.51. The Labute approximate surface area is 125 Å². The fraction of sp³-hybridized carbons (Fsp3) is 0.0833. The molecule has 0 spiro atoms. The van der Waals surface area contributed by atoms with Gasteiger partial charge in [-0.15, -0.1) is 11.3 Å². The monoisotopic (exact) mass is 392 g/mol. The zero-order chi connectivity index (χ0) is 12.6.